The minimum atomic E-state index is -1.12. The number of carboxylic acids is 3. The van der Waals surface area contributed by atoms with Crippen molar-refractivity contribution in [2.24, 2.45) is 0 Å². The van der Waals surface area contributed by atoms with Crippen molar-refractivity contribution >= 4 is 94.3 Å². The van der Waals surface area contributed by atoms with Gasteiger partial charge in [-0.05, 0) is 76.6 Å². The molecular weight excluding hydrogens is 997 g/mol. The van der Waals surface area contributed by atoms with Gasteiger partial charge in [-0.2, -0.15) is 0 Å². The Hall–Kier alpha value is -7.05. The van der Waals surface area contributed by atoms with E-state index in [4.69, 9.17) is 14.2 Å². The van der Waals surface area contributed by atoms with E-state index in [1.807, 2.05) is 18.2 Å². The summed E-state index contributed by atoms with van der Waals surface area (Å²) < 4.78 is 16.0. The average molecular weight is 1050 g/mol. The lowest BCUT2D eigenvalue weighted by Crippen LogP contribution is -2.70. The summed E-state index contributed by atoms with van der Waals surface area (Å²) >= 11 is 4.18. The van der Waals surface area contributed by atoms with Crippen LogP contribution < -0.4 is 30.2 Å². The molecule has 6 amide bonds. The van der Waals surface area contributed by atoms with Gasteiger partial charge in [0.2, 0.25) is 17.3 Å². The van der Waals surface area contributed by atoms with Crippen molar-refractivity contribution in [3.8, 4) is 17.2 Å². The molecule has 72 heavy (non-hydrogen) atoms. The lowest BCUT2D eigenvalue weighted by atomic mass is 9.96. The first-order valence-electron chi connectivity index (χ1n) is 22.2. The van der Waals surface area contributed by atoms with Gasteiger partial charge >= 0.3 is 23.8 Å². The molecule has 7 atom stereocenters. The molecule has 6 N–H and O–H groups in total. The second kappa shape index (κ2) is 21.7. The van der Waals surface area contributed by atoms with Crippen molar-refractivity contribution in [1.29, 1.82) is 0 Å². The Balaban J connectivity index is 0.000000158. The Kier molecular flexibility index (Phi) is 15.9. The normalized spacial score (nSPS) is 24.6. The second-order valence-electron chi connectivity index (χ2n) is 17.8. The fourth-order valence-corrected chi connectivity index (χ4v) is 13.0. The summed E-state index contributed by atoms with van der Waals surface area (Å²) in [5.41, 5.74) is 0.734. The van der Waals surface area contributed by atoms with E-state index in [1.165, 1.54) is 49.7 Å². The summed E-state index contributed by atoms with van der Waals surface area (Å²) in [6.45, 7) is 8.18. The van der Waals surface area contributed by atoms with Crippen molar-refractivity contribution in [3.05, 3.63) is 102 Å². The molecule has 3 aromatic rings. The molecule has 0 spiro atoms. The van der Waals surface area contributed by atoms with Crippen LogP contribution in [0.2, 0.25) is 0 Å². The largest absolute Gasteiger partial charge is 0.484 e. The third-order valence-electron chi connectivity index (χ3n) is 11.8. The Labute approximate surface area is 425 Å². The third-order valence-corrected chi connectivity index (χ3v) is 16.3. The maximum Gasteiger partial charge on any atom is 0.418 e. The summed E-state index contributed by atoms with van der Waals surface area (Å²) in [7, 11) is 0. The lowest BCUT2D eigenvalue weighted by Gasteiger charge is -2.49. The highest BCUT2D eigenvalue weighted by molar-refractivity contribution is 8.02. The number of hydrogen-bond donors (Lipinski definition) is 6. The van der Waals surface area contributed by atoms with Crippen molar-refractivity contribution in [3.63, 3.8) is 0 Å². The summed E-state index contributed by atoms with van der Waals surface area (Å²) in [5, 5.41) is 34.7. The molecule has 6 unspecified atom stereocenters. The fraction of sp³-hybridized carbons (Fsp3) is 0.375. The minimum absolute atomic E-state index is 0.0229. The number of ether oxygens (including phenoxy) is 3. The highest BCUT2D eigenvalue weighted by Gasteiger charge is 2.68. The number of amides is 6. The van der Waals surface area contributed by atoms with Crippen LogP contribution in [0.25, 0.3) is 0 Å². The number of β-lactam (4-membered cyclic amide) rings is 3. The average Bonchev–Trinajstić information content (AvgIpc) is 3.77. The Morgan fingerprint density at radius 3 is 1.51 bits per heavy atom. The van der Waals surface area contributed by atoms with Crippen molar-refractivity contribution in [2.75, 3.05) is 25.6 Å². The zero-order chi connectivity index (χ0) is 52.2. The van der Waals surface area contributed by atoms with Crippen molar-refractivity contribution < 1.29 is 77.3 Å². The first-order valence-corrected chi connectivity index (χ1v) is 25.1. The minimum Gasteiger partial charge on any atom is -0.484 e. The first kappa shape index (κ1) is 52.8. The Morgan fingerprint density at radius 2 is 1.08 bits per heavy atom. The number of aliphatic carboxylic acids is 3. The number of benzene rings is 3. The number of para-hydroxylation sites is 3. The quantitative estimate of drug-likeness (QED) is 0.0938. The van der Waals surface area contributed by atoms with Gasteiger partial charge in [-0.3, -0.25) is 28.9 Å². The first-order chi connectivity index (χ1) is 34.1. The summed E-state index contributed by atoms with van der Waals surface area (Å²) in [6.07, 6.45) is 0. The van der Waals surface area contributed by atoms with Gasteiger partial charge < -0.3 is 50.4 Å². The monoisotopic (exact) mass is 1050 g/mol. The third kappa shape index (κ3) is 11.2. The zero-order valence-electron chi connectivity index (χ0n) is 39.3. The van der Waals surface area contributed by atoms with Gasteiger partial charge in [-0.25, -0.2) is 19.2 Å². The molecule has 3 aromatic carbocycles. The van der Waals surface area contributed by atoms with E-state index in [0.717, 1.165) is 0 Å². The van der Waals surface area contributed by atoms with Crippen molar-refractivity contribution in [1.82, 2.24) is 25.8 Å². The molecule has 380 valence electrons. The van der Waals surface area contributed by atoms with E-state index >= 15 is 0 Å². The number of carboxylic acid groups (broad SMARTS) is 3. The van der Waals surface area contributed by atoms with E-state index in [-0.39, 0.29) is 53.3 Å². The maximum atomic E-state index is 12.2. The van der Waals surface area contributed by atoms with Crippen LogP contribution in [-0.4, -0.2) is 164 Å². The van der Waals surface area contributed by atoms with Gasteiger partial charge in [0.1, 0.15) is 56.6 Å². The summed E-state index contributed by atoms with van der Waals surface area (Å²) in [4.78, 5) is 109. The summed E-state index contributed by atoms with van der Waals surface area (Å²) in [6, 6.07) is 23.6. The van der Waals surface area contributed by atoms with E-state index in [0.29, 0.717) is 28.6 Å². The highest BCUT2D eigenvalue weighted by Crippen LogP contribution is 2.51. The Morgan fingerprint density at radius 1 is 0.639 bits per heavy atom. The molecule has 0 aliphatic carbocycles. The van der Waals surface area contributed by atoms with Crippen LogP contribution >= 0.6 is 35.3 Å². The zero-order valence-corrected chi connectivity index (χ0v) is 41.8. The SMILES string of the molecule is CC1(C)SC2C(NC(=O)COc3ccccc3)C(=O)N2[C@H]1C(=O)O.CC1(C)SC2C(NC(=O)COc3ccccc3)C(=O)[N+]2=C1C(=O)O.CC1=C(C(=O)O)N2C(=O)C(NC(=O)COc3ccccc3)C2SC1. The van der Waals surface area contributed by atoms with Crippen LogP contribution in [0.5, 0.6) is 17.2 Å². The molecule has 21 nitrogen and oxygen atoms in total. The predicted octanol–water partition coefficient (Wildman–Crippen LogP) is 2.00. The van der Waals surface area contributed by atoms with Gasteiger partial charge in [0, 0.05) is 10.5 Å². The fourth-order valence-electron chi connectivity index (χ4n) is 8.53. The van der Waals surface area contributed by atoms with E-state index in [2.05, 4.69) is 16.0 Å². The van der Waals surface area contributed by atoms with Gasteiger partial charge in [0.05, 0.1) is 0 Å². The van der Waals surface area contributed by atoms with E-state index in [9.17, 15) is 58.5 Å². The van der Waals surface area contributed by atoms with E-state index in [1.54, 1.807) is 107 Å². The van der Waals surface area contributed by atoms with Crippen molar-refractivity contribution in [2.45, 2.75) is 84.4 Å². The molecule has 4 saturated heterocycles. The summed E-state index contributed by atoms with van der Waals surface area (Å²) in [5.74, 6) is -3.46. The molecule has 0 bridgehead atoms. The van der Waals surface area contributed by atoms with Gasteiger partial charge in [-0.15, -0.1) is 28.1 Å². The number of thioether (sulfide) groups is 3. The standard InChI is InChI=1S/C16H18N2O5S.2C16H16N2O5S/c2*1-16(2)12(15(21)22)18-13(20)11(14(18)24-16)17-10(19)8-23-9-6-4-3-5-7-9;1-9-8-24-15-12(14(20)18(15)13(9)16(21)22)17-11(19)7-23-10-5-3-2-4-6-10/h3-7,11-12,14H,8H2,1-2H3,(H,17,19)(H,21,22);3-7,11,14H,8H2,1-2H3,(H-,17,19,21,22);2-6,12,15H,7-8H2,1H3,(H,17,19)(H,21,22)/p+1/t11?,12-,14?;;/m0../s1. The molecule has 0 radical (unpaired) electrons. The smallest absolute Gasteiger partial charge is 0.418 e. The molecule has 0 aromatic heterocycles. The second-order valence-corrected chi connectivity index (χ2v) is 22.4. The Bertz CT molecular complexity index is 2720. The van der Waals surface area contributed by atoms with E-state index < -0.39 is 81.1 Å². The number of carbonyl (C=O) groups excluding carboxylic acids is 6. The topological polar surface area (TPSA) is 288 Å². The number of carbonyl (C=O) groups is 9. The molecule has 0 saturated carbocycles. The number of nitrogens with zero attached hydrogens (tertiary/aromatic N) is 3. The lowest BCUT2D eigenvalue weighted by molar-refractivity contribution is -0.507. The number of fused-ring (bicyclic) bond motifs is 3. The molecule has 6 aliphatic rings. The van der Waals surface area contributed by atoms with Crippen LogP contribution in [0.15, 0.2) is 102 Å². The highest BCUT2D eigenvalue weighted by atomic mass is 32.2. The maximum absolute atomic E-state index is 12.2. The van der Waals surface area contributed by atoms with Gasteiger partial charge in [0.15, 0.2) is 19.8 Å². The van der Waals surface area contributed by atoms with Crippen LogP contribution in [0.4, 0.5) is 0 Å². The number of hydrogen-bond acceptors (Lipinski definition) is 15. The molecule has 9 rings (SSSR count). The number of rotatable bonds is 15. The molecule has 6 aliphatic heterocycles. The predicted molar refractivity (Wildman–Crippen MR) is 262 cm³/mol. The van der Waals surface area contributed by atoms with Crippen LogP contribution in [-0.2, 0) is 43.2 Å². The molecule has 6 heterocycles. The van der Waals surface area contributed by atoms with Crippen LogP contribution in [0.1, 0.15) is 34.6 Å². The number of nitrogens with one attached hydrogen (secondary N) is 3. The van der Waals surface area contributed by atoms with Gasteiger partial charge in [0.25, 0.3) is 29.3 Å². The van der Waals surface area contributed by atoms with Crippen LogP contribution in [0.3, 0.4) is 0 Å². The van der Waals surface area contributed by atoms with Crippen LogP contribution in [0, 0.1) is 0 Å². The molecule has 4 fully saturated rings. The molecule has 24 heteroatoms. The molecular formula is C48H51N6O15S3+. The van der Waals surface area contributed by atoms with Gasteiger partial charge in [-0.1, -0.05) is 66.4 Å².